The fourth-order valence-electron chi connectivity index (χ4n) is 3.26. The fraction of sp³-hybridized carbons (Fsp3) is 0.240. The molecule has 32 heavy (non-hydrogen) atoms. The summed E-state index contributed by atoms with van der Waals surface area (Å²) in [5, 5.41) is 2.90. The maximum absolute atomic E-state index is 12.9. The van der Waals surface area contributed by atoms with Gasteiger partial charge in [0.25, 0.3) is 15.9 Å². The highest BCUT2D eigenvalue weighted by atomic mass is 32.2. The zero-order valence-corrected chi connectivity index (χ0v) is 19.3. The Kier molecular flexibility index (Phi) is 7.66. The van der Waals surface area contributed by atoms with Gasteiger partial charge in [-0.15, -0.1) is 0 Å². The number of ether oxygens (including phenoxy) is 1. The van der Waals surface area contributed by atoms with E-state index in [1.54, 1.807) is 25.1 Å². The smallest absolute Gasteiger partial charge is 0.261 e. The number of hydrogen-bond acceptors (Lipinski definition) is 4. The zero-order valence-electron chi connectivity index (χ0n) is 18.5. The van der Waals surface area contributed by atoms with E-state index < -0.39 is 10.0 Å². The van der Waals surface area contributed by atoms with Crippen molar-refractivity contribution in [2.24, 2.45) is 0 Å². The molecule has 0 saturated heterocycles. The van der Waals surface area contributed by atoms with Crippen LogP contribution in [0.3, 0.4) is 0 Å². The molecule has 3 aromatic rings. The largest absolute Gasteiger partial charge is 0.377 e. The summed E-state index contributed by atoms with van der Waals surface area (Å²) < 4.78 is 33.9. The van der Waals surface area contributed by atoms with Crippen molar-refractivity contribution >= 4 is 21.6 Å². The van der Waals surface area contributed by atoms with Crippen LogP contribution in [0.5, 0.6) is 0 Å². The van der Waals surface area contributed by atoms with Gasteiger partial charge in [0.15, 0.2) is 0 Å². The minimum absolute atomic E-state index is 0.0354. The summed E-state index contributed by atoms with van der Waals surface area (Å²) in [5.41, 5.74) is 4.29. The lowest BCUT2D eigenvalue weighted by Crippen LogP contribution is -2.25. The molecule has 0 unspecified atom stereocenters. The molecular formula is C25H28N2O4S. The van der Waals surface area contributed by atoms with Gasteiger partial charge in [0.2, 0.25) is 0 Å². The molecule has 1 amide bonds. The summed E-state index contributed by atoms with van der Waals surface area (Å²) >= 11 is 0. The second-order valence-electron chi connectivity index (χ2n) is 7.49. The summed E-state index contributed by atoms with van der Waals surface area (Å²) in [6, 6.07) is 19.4. The Morgan fingerprint density at radius 2 is 1.59 bits per heavy atom. The van der Waals surface area contributed by atoms with Gasteiger partial charge in [0.1, 0.15) is 0 Å². The number of nitrogens with one attached hydrogen (secondary N) is 2. The predicted molar refractivity (Wildman–Crippen MR) is 126 cm³/mol. The van der Waals surface area contributed by atoms with Crippen LogP contribution in [0, 0.1) is 13.8 Å². The number of sulfonamides is 1. The molecule has 0 spiro atoms. The number of hydrogen-bond donors (Lipinski definition) is 2. The Morgan fingerprint density at radius 1 is 0.906 bits per heavy atom. The number of anilines is 1. The Balaban J connectivity index is 1.78. The average Bonchev–Trinajstić information content (AvgIpc) is 2.78. The molecular weight excluding hydrogens is 424 g/mol. The van der Waals surface area contributed by atoms with E-state index in [4.69, 9.17) is 4.74 Å². The molecule has 0 aromatic heterocycles. The molecule has 0 heterocycles. The van der Waals surface area contributed by atoms with Gasteiger partial charge in [-0.3, -0.25) is 9.52 Å². The normalized spacial score (nSPS) is 11.2. The third kappa shape index (κ3) is 5.75. The number of carbonyl (C=O) groups is 1. The third-order valence-electron chi connectivity index (χ3n) is 5.17. The zero-order chi connectivity index (χ0) is 23.1. The molecule has 0 saturated carbocycles. The molecule has 0 radical (unpaired) electrons. The summed E-state index contributed by atoms with van der Waals surface area (Å²) in [5.74, 6) is -0.332. The van der Waals surface area contributed by atoms with Crippen LogP contribution in [0.25, 0.3) is 0 Å². The molecule has 0 aliphatic rings. The van der Waals surface area contributed by atoms with E-state index in [-0.39, 0.29) is 10.8 Å². The molecule has 168 valence electrons. The molecule has 3 rings (SSSR count). The Hall–Kier alpha value is -3.16. The van der Waals surface area contributed by atoms with Gasteiger partial charge >= 0.3 is 0 Å². The lowest BCUT2D eigenvalue weighted by atomic mass is 10.1. The van der Waals surface area contributed by atoms with E-state index in [0.717, 1.165) is 16.7 Å². The van der Waals surface area contributed by atoms with Crippen LogP contribution in [0.4, 0.5) is 5.69 Å². The molecule has 6 nitrogen and oxygen atoms in total. The SMILES string of the molecule is CCOCc1ccccc1CNC(=O)c1cc(S(=O)(=O)Nc2ccccc2C)ccc1C. The first kappa shape index (κ1) is 23.5. The van der Waals surface area contributed by atoms with Crippen molar-refractivity contribution in [2.45, 2.75) is 38.8 Å². The van der Waals surface area contributed by atoms with Gasteiger partial charge in [-0.05, 0) is 61.2 Å². The van der Waals surface area contributed by atoms with Gasteiger partial charge in [-0.25, -0.2) is 8.42 Å². The maximum Gasteiger partial charge on any atom is 0.261 e. The first-order chi connectivity index (χ1) is 15.3. The minimum atomic E-state index is -3.84. The van der Waals surface area contributed by atoms with Crippen molar-refractivity contribution in [3.05, 3.63) is 94.5 Å². The van der Waals surface area contributed by atoms with E-state index in [2.05, 4.69) is 10.0 Å². The highest BCUT2D eigenvalue weighted by Crippen LogP contribution is 2.21. The minimum Gasteiger partial charge on any atom is -0.377 e. The first-order valence-electron chi connectivity index (χ1n) is 10.4. The van der Waals surface area contributed by atoms with Gasteiger partial charge in [0, 0.05) is 18.7 Å². The molecule has 0 aliphatic heterocycles. The monoisotopic (exact) mass is 452 g/mol. The Labute approximate surface area is 189 Å². The topological polar surface area (TPSA) is 84.5 Å². The molecule has 7 heteroatoms. The van der Waals surface area contributed by atoms with Crippen LogP contribution in [-0.2, 0) is 27.9 Å². The summed E-state index contributed by atoms with van der Waals surface area (Å²) in [7, 11) is -3.84. The highest BCUT2D eigenvalue weighted by Gasteiger charge is 2.19. The van der Waals surface area contributed by atoms with Gasteiger partial charge < -0.3 is 10.1 Å². The molecule has 0 aliphatic carbocycles. The molecule has 3 aromatic carbocycles. The van der Waals surface area contributed by atoms with Crippen LogP contribution < -0.4 is 10.0 Å². The van der Waals surface area contributed by atoms with Crippen molar-refractivity contribution in [1.29, 1.82) is 0 Å². The first-order valence-corrected chi connectivity index (χ1v) is 11.9. The highest BCUT2D eigenvalue weighted by molar-refractivity contribution is 7.92. The summed E-state index contributed by atoms with van der Waals surface area (Å²) in [6.45, 7) is 6.94. The number of rotatable bonds is 9. The summed E-state index contributed by atoms with van der Waals surface area (Å²) in [4.78, 5) is 12.9. The Bertz CT molecular complexity index is 1210. The quantitative estimate of drug-likeness (QED) is 0.498. The fourth-order valence-corrected chi connectivity index (χ4v) is 4.41. The lowest BCUT2D eigenvalue weighted by Gasteiger charge is -2.14. The second kappa shape index (κ2) is 10.4. The van der Waals surface area contributed by atoms with Gasteiger partial charge in [-0.2, -0.15) is 0 Å². The van der Waals surface area contributed by atoms with Gasteiger partial charge in [-0.1, -0.05) is 48.5 Å². The number of benzene rings is 3. The summed E-state index contributed by atoms with van der Waals surface area (Å²) in [6.07, 6.45) is 0. The number of para-hydroxylation sites is 1. The number of amides is 1. The van der Waals surface area contributed by atoms with E-state index >= 15 is 0 Å². The lowest BCUT2D eigenvalue weighted by molar-refractivity contribution is 0.0949. The third-order valence-corrected chi connectivity index (χ3v) is 6.54. The molecule has 0 atom stereocenters. The molecule has 2 N–H and O–H groups in total. The maximum atomic E-state index is 12.9. The van der Waals surface area contributed by atoms with E-state index in [9.17, 15) is 13.2 Å². The van der Waals surface area contributed by atoms with Crippen molar-refractivity contribution in [3.63, 3.8) is 0 Å². The van der Waals surface area contributed by atoms with Crippen molar-refractivity contribution in [2.75, 3.05) is 11.3 Å². The van der Waals surface area contributed by atoms with Crippen molar-refractivity contribution in [1.82, 2.24) is 5.32 Å². The van der Waals surface area contributed by atoms with Crippen LogP contribution in [-0.4, -0.2) is 20.9 Å². The number of carbonyl (C=O) groups excluding carboxylic acids is 1. The molecule has 0 bridgehead atoms. The van der Waals surface area contributed by atoms with Crippen LogP contribution in [0.1, 0.15) is 39.5 Å². The predicted octanol–water partition coefficient (Wildman–Crippen LogP) is 4.57. The van der Waals surface area contributed by atoms with E-state index in [1.165, 1.54) is 12.1 Å². The van der Waals surface area contributed by atoms with Crippen LogP contribution >= 0.6 is 0 Å². The standard InChI is InChI=1S/C25H28N2O4S/c1-4-31-17-21-11-7-6-10-20(21)16-26-25(28)23-15-22(14-13-18(23)2)32(29,30)27-24-12-8-5-9-19(24)3/h5-15,27H,4,16-17H2,1-3H3,(H,26,28). The van der Waals surface area contributed by atoms with E-state index in [1.807, 2.05) is 50.2 Å². The average molecular weight is 453 g/mol. The van der Waals surface area contributed by atoms with Gasteiger partial charge in [0.05, 0.1) is 17.2 Å². The van der Waals surface area contributed by atoms with Crippen molar-refractivity contribution in [3.8, 4) is 0 Å². The molecule has 0 fully saturated rings. The Morgan fingerprint density at radius 3 is 2.31 bits per heavy atom. The second-order valence-corrected chi connectivity index (χ2v) is 9.17. The van der Waals surface area contributed by atoms with Crippen LogP contribution in [0.15, 0.2) is 71.6 Å². The van der Waals surface area contributed by atoms with Crippen LogP contribution in [0.2, 0.25) is 0 Å². The number of aryl methyl sites for hydroxylation is 2. The van der Waals surface area contributed by atoms with Crippen molar-refractivity contribution < 1.29 is 17.9 Å². The van der Waals surface area contributed by atoms with E-state index in [0.29, 0.717) is 36.6 Å².